The lowest BCUT2D eigenvalue weighted by Crippen LogP contribution is -2.48. The third-order valence-corrected chi connectivity index (χ3v) is 6.32. The summed E-state index contributed by atoms with van der Waals surface area (Å²) in [6.45, 7) is 5.63. The minimum atomic E-state index is -3.73. The molecule has 0 fully saturated rings. The molecule has 9 nitrogen and oxygen atoms in total. The fourth-order valence-corrected chi connectivity index (χ4v) is 4.41. The number of nitrogens with zero attached hydrogens (tertiary/aromatic N) is 3. The molecule has 0 bridgehead atoms. The van der Waals surface area contributed by atoms with E-state index in [1.807, 2.05) is 6.92 Å². The van der Waals surface area contributed by atoms with E-state index in [2.05, 4.69) is 31.4 Å². The molecule has 0 saturated heterocycles. The maximum atomic E-state index is 12.8. The number of methoxy groups -OCH3 is 1. The second-order valence-corrected chi connectivity index (χ2v) is 9.73. The van der Waals surface area contributed by atoms with E-state index in [1.165, 1.54) is 19.2 Å². The number of ether oxygens (including phenoxy) is 1. The fraction of sp³-hybridized carbons (Fsp3) is 0.261. The summed E-state index contributed by atoms with van der Waals surface area (Å²) in [6.07, 6.45) is 0. The summed E-state index contributed by atoms with van der Waals surface area (Å²) >= 11 is 0. The van der Waals surface area contributed by atoms with Gasteiger partial charge >= 0.3 is 0 Å². The first-order valence-electron chi connectivity index (χ1n) is 10.1. The van der Waals surface area contributed by atoms with E-state index in [0.29, 0.717) is 23.1 Å². The van der Waals surface area contributed by atoms with Gasteiger partial charge in [0.05, 0.1) is 23.6 Å². The van der Waals surface area contributed by atoms with Gasteiger partial charge in [0.2, 0.25) is 16.0 Å². The Labute approximate surface area is 193 Å². The van der Waals surface area contributed by atoms with Crippen molar-refractivity contribution in [2.45, 2.75) is 31.2 Å². The van der Waals surface area contributed by atoms with Crippen molar-refractivity contribution in [3.8, 4) is 11.8 Å². The standard InChI is InChI=1S/C23H26N6O3S/c1-16-13-21(27-18-7-5-17(14-24)6-8-18)28-22(26-16)25-15-23(2,3)29-33(30,31)20-11-9-19(32-4)10-12-20/h5-13,29H,15H2,1-4H3,(H2,25,26,27,28). The number of aryl methyl sites for hydroxylation is 1. The molecule has 0 radical (unpaired) electrons. The zero-order valence-corrected chi connectivity index (χ0v) is 19.7. The number of aromatic nitrogens is 2. The Morgan fingerprint density at radius 3 is 2.33 bits per heavy atom. The Kier molecular flexibility index (Phi) is 7.16. The number of anilines is 3. The highest BCUT2D eigenvalue weighted by Gasteiger charge is 2.26. The molecule has 1 aromatic heterocycles. The van der Waals surface area contributed by atoms with Crippen LogP contribution in [-0.4, -0.2) is 37.6 Å². The molecule has 0 aliphatic heterocycles. The highest BCUT2D eigenvalue weighted by Crippen LogP contribution is 2.20. The highest BCUT2D eigenvalue weighted by atomic mass is 32.2. The van der Waals surface area contributed by atoms with Crippen LogP contribution in [0.1, 0.15) is 25.1 Å². The lowest BCUT2D eigenvalue weighted by molar-refractivity contribution is 0.414. The van der Waals surface area contributed by atoms with Gasteiger partial charge in [-0.05, 0) is 69.3 Å². The van der Waals surface area contributed by atoms with Gasteiger partial charge in [0.15, 0.2) is 0 Å². The van der Waals surface area contributed by atoms with Crippen LogP contribution in [-0.2, 0) is 10.0 Å². The molecule has 0 saturated carbocycles. The van der Waals surface area contributed by atoms with Crippen LogP contribution in [0.15, 0.2) is 59.5 Å². The number of nitrogens with one attached hydrogen (secondary N) is 3. The van der Waals surface area contributed by atoms with E-state index in [0.717, 1.165) is 11.4 Å². The molecule has 3 N–H and O–H groups in total. The fourth-order valence-electron chi connectivity index (χ4n) is 3.00. The van der Waals surface area contributed by atoms with E-state index in [9.17, 15) is 8.42 Å². The minimum Gasteiger partial charge on any atom is -0.497 e. The summed E-state index contributed by atoms with van der Waals surface area (Å²) < 4.78 is 33.3. The van der Waals surface area contributed by atoms with Crippen molar-refractivity contribution < 1.29 is 13.2 Å². The SMILES string of the molecule is COc1ccc(S(=O)(=O)NC(C)(C)CNc2nc(C)cc(Nc3ccc(C#N)cc3)n2)cc1. The van der Waals surface area contributed by atoms with Gasteiger partial charge in [-0.2, -0.15) is 10.2 Å². The highest BCUT2D eigenvalue weighted by molar-refractivity contribution is 7.89. The van der Waals surface area contributed by atoms with Crippen LogP contribution in [0.5, 0.6) is 5.75 Å². The molecule has 33 heavy (non-hydrogen) atoms. The average Bonchev–Trinajstić information content (AvgIpc) is 2.77. The average molecular weight is 467 g/mol. The normalized spacial score (nSPS) is 11.5. The van der Waals surface area contributed by atoms with Crippen LogP contribution in [0.3, 0.4) is 0 Å². The first kappa shape index (κ1) is 24.0. The Morgan fingerprint density at radius 1 is 1.06 bits per heavy atom. The minimum absolute atomic E-state index is 0.150. The van der Waals surface area contributed by atoms with Crippen molar-refractivity contribution in [3.05, 3.63) is 65.9 Å². The summed E-state index contributed by atoms with van der Waals surface area (Å²) in [5.41, 5.74) is 1.26. The van der Waals surface area contributed by atoms with Gasteiger partial charge in [0.1, 0.15) is 11.6 Å². The number of hydrogen-bond donors (Lipinski definition) is 3. The molecule has 0 aliphatic rings. The quantitative estimate of drug-likeness (QED) is 0.436. The van der Waals surface area contributed by atoms with Gasteiger partial charge in [-0.15, -0.1) is 0 Å². The van der Waals surface area contributed by atoms with Crippen LogP contribution in [0.25, 0.3) is 0 Å². The maximum Gasteiger partial charge on any atom is 0.241 e. The zero-order chi connectivity index (χ0) is 24.1. The van der Waals surface area contributed by atoms with Gasteiger partial charge in [0, 0.05) is 29.5 Å². The number of hydrogen-bond acceptors (Lipinski definition) is 8. The molecule has 0 aliphatic carbocycles. The molecule has 10 heteroatoms. The van der Waals surface area contributed by atoms with Crippen molar-refractivity contribution in [1.29, 1.82) is 5.26 Å². The summed E-state index contributed by atoms with van der Waals surface area (Å²) in [5, 5.41) is 15.2. The molecule has 0 amide bonds. The molecule has 172 valence electrons. The van der Waals surface area contributed by atoms with Crippen LogP contribution < -0.4 is 20.1 Å². The van der Waals surface area contributed by atoms with Crippen molar-refractivity contribution in [1.82, 2.24) is 14.7 Å². The Morgan fingerprint density at radius 2 is 1.73 bits per heavy atom. The van der Waals surface area contributed by atoms with Crippen LogP contribution in [0.2, 0.25) is 0 Å². The topological polar surface area (TPSA) is 129 Å². The number of nitriles is 1. The summed E-state index contributed by atoms with van der Waals surface area (Å²) in [7, 11) is -2.21. The Bertz CT molecular complexity index is 1250. The summed E-state index contributed by atoms with van der Waals surface area (Å²) in [6, 6.07) is 17.1. The van der Waals surface area contributed by atoms with Crippen molar-refractivity contribution in [2.24, 2.45) is 0 Å². The zero-order valence-electron chi connectivity index (χ0n) is 18.9. The van der Waals surface area contributed by atoms with E-state index in [1.54, 1.807) is 56.3 Å². The second-order valence-electron chi connectivity index (χ2n) is 8.05. The second kappa shape index (κ2) is 9.85. The van der Waals surface area contributed by atoms with Crippen LogP contribution in [0, 0.1) is 18.3 Å². The third kappa shape index (κ3) is 6.65. The predicted octanol–water partition coefficient (Wildman–Crippen LogP) is 3.58. The molecular formula is C23H26N6O3S. The van der Waals surface area contributed by atoms with E-state index in [-0.39, 0.29) is 11.4 Å². The first-order chi connectivity index (χ1) is 15.6. The maximum absolute atomic E-state index is 12.8. The van der Waals surface area contributed by atoms with Gasteiger partial charge in [0.25, 0.3) is 0 Å². The van der Waals surface area contributed by atoms with E-state index < -0.39 is 15.6 Å². The smallest absolute Gasteiger partial charge is 0.241 e. The van der Waals surface area contributed by atoms with Gasteiger partial charge < -0.3 is 15.4 Å². The monoisotopic (exact) mass is 466 g/mol. The van der Waals surface area contributed by atoms with Gasteiger partial charge in [-0.3, -0.25) is 0 Å². The molecule has 3 rings (SSSR count). The van der Waals surface area contributed by atoms with Crippen molar-refractivity contribution in [3.63, 3.8) is 0 Å². The predicted molar refractivity (Wildman–Crippen MR) is 127 cm³/mol. The number of benzene rings is 2. The number of sulfonamides is 1. The van der Waals surface area contributed by atoms with Crippen molar-refractivity contribution in [2.75, 3.05) is 24.3 Å². The largest absolute Gasteiger partial charge is 0.497 e. The van der Waals surface area contributed by atoms with Crippen LogP contribution in [0.4, 0.5) is 17.5 Å². The molecule has 3 aromatic rings. The molecule has 1 heterocycles. The first-order valence-corrected chi connectivity index (χ1v) is 11.6. The molecule has 0 unspecified atom stereocenters. The van der Waals surface area contributed by atoms with E-state index >= 15 is 0 Å². The van der Waals surface area contributed by atoms with Gasteiger partial charge in [-0.1, -0.05) is 0 Å². The Balaban J connectivity index is 1.67. The summed E-state index contributed by atoms with van der Waals surface area (Å²) in [5.74, 6) is 1.52. The molecule has 0 atom stereocenters. The molecular weight excluding hydrogens is 440 g/mol. The molecule has 2 aromatic carbocycles. The molecule has 0 spiro atoms. The van der Waals surface area contributed by atoms with Gasteiger partial charge in [-0.25, -0.2) is 18.1 Å². The lowest BCUT2D eigenvalue weighted by atomic mass is 10.1. The Hall–Kier alpha value is -3.68. The lowest BCUT2D eigenvalue weighted by Gasteiger charge is -2.26. The third-order valence-electron chi connectivity index (χ3n) is 4.61. The van der Waals surface area contributed by atoms with Crippen molar-refractivity contribution >= 4 is 27.5 Å². The number of rotatable bonds is 9. The van der Waals surface area contributed by atoms with Crippen LogP contribution >= 0.6 is 0 Å². The summed E-state index contributed by atoms with van der Waals surface area (Å²) in [4.78, 5) is 8.99. The van der Waals surface area contributed by atoms with E-state index in [4.69, 9.17) is 10.00 Å².